The number of alkyl halides is 2. The van der Waals surface area contributed by atoms with Crippen molar-refractivity contribution in [3.63, 3.8) is 0 Å². The second-order valence-electron chi connectivity index (χ2n) is 8.08. The molecule has 3 aromatic rings. The Labute approximate surface area is 179 Å². The number of imidazole rings is 1. The van der Waals surface area contributed by atoms with Crippen molar-refractivity contribution in [3.05, 3.63) is 36.2 Å². The molecule has 31 heavy (non-hydrogen) atoms. The number of nitrogens with one attached hydrogen (secondary N) is 1. The van der Waals surface area contributed by atoms with Crippen LogP contribution in [-0.2, 0) is 4.74 Å². The number of morpholine rings is 1. The van der Waals surface area contributed by atoms with Crippen LogP contribution in [0.5, 0.6) is 0 Å². The van der Waals surface area contributed by atoms with Gasteiger partial charge in [-0.15, -0.1) is 0 Å². The van der Waals surface area contributed by atoms with Crippen molar-refractivity contribution >= 4 is 22.8 Å². The van der Waals surface area contributed by atoms with Gasteiger partial charge in [-0.3, -0.25) is 4.57 Å². The van der Waals surface area contributed by atoms with Gasteiger partial charge in [0.15, 0.2) is 5.82 Å². The summed E-state index contributed by atoms with van der Waals surface area (Å²) in [6, 6.07) is 9.22. The molecule has 3 heterocycles. The number of hydrogen-bond donors (Lipinski definition) is 1. The number of benzene rings is 1. The molecular weight excluding hydrogens is 402 g/mol. The molecule has 1 aromatic carbocycles. The van der Waals surface area contributed by atoms with Gasteiger partial charge < -0.3 is 15.0 Å². The van der Waals surface area contributed by atoms with E-state index in [2.05, 4.69) is 20.2 Å². The average Bonchev–Trinajstić information content (AvgIpc) is 3.20. The third kappa shape index (κ3) is 4.19. The highest BCUT2D eigenvalue weighted by Crippen LogP contribution is 2.30. The summed E-state index contributed by atoms with van der Waals surface area (Å²) >= 11 is 0. The number of rotatable bonds is 5. The standard InChI is InChI=1S/C22H26F2N6O/c23-20(24)21-26-16-8-4-5-9-17(16)30(21)19-14-18(29-10-12-31-13-11-29)27-22(28-19)25-15-6-2-1-3-7-15/h4-5,8-9,14-15,20H,1-3,6-7,10-13H2,(H,25,27,28). The van der Waals surface area contributed by atoms with Gasteiger partial charge in [0.1, 0.15) is 11.6 Å². The van der Waals surface area contributed by atoms with Crippen molar-refractivity contribution in [1.29, 1.82) is 0 Å². The SMILES string of the molecule is FC(F)c1nc2ccccc2n1-c1cc(N2CCOCC2)nc(NC2CCCCC2)n1. The van der Waals surface area contributed by atoms with Crippen molar-refractivity contribution in [1.82, 2.24) is 19.5 Å². The molecule has 0 unspecified atom stereocenters. The lowest BCUT2D eigenvalue weighted by Gasteiger charge is -2.29. The Hall–Kier alpha value is -2.81. The van der Waals surface area contributed by atoms with Gasteiger partial charge in [0.05, 0.1) is 24.2 Å². The molecule has 2 aliphatic rings. The van der Waals surface area contributed by atoms with Gasteiger partial charge in [0, 0.05) is 25.2 Å². The zero-order chi connectivity index (χ0) is 21.2. The summed E-state index contributed by atoms with van der Waals surface area (Å²) in [5, 5.41) is 3.46. The summed E-state index contributed by atoms with van der Waals surface area (Å²) in [7, 11) is 0. The molecule has 7 nitrogen and oxygen atoms in total. The summed E-state index contributed by atoms with van der Waals surface area (Å²) < 4.78 is 34.7. The fraction of sp³-hybridized carbons (Fsp3) is 0.500. The first-order valence-corrected chi connectivity index (χ1v) is 10.9. The summed E-state index contributed by atoms with van der Waals surface area (Å²) in [5.74, 6) is 1.28. The van der Waals surface area contributed by atoms with Gasteiger partial charge in [-0.05, 0) is 25.0 Å². The molecule has 1 saturated heterocycles. The Balaban J connectivity index is 1.61. The van der Waals surface area contributed by atoms with Crippen LogP contribution in [0.25, 0.3) is 16.9 Å². The predicted molar refractivity (Wildman–Crippen MR) is 115 cm³/mol. The van der Waals surface area contributed by atoms with E-state index in [1.165, 1.54) is 23.8 Å². The molecule has 0 amide bonds. The van der Waals surface area contributed by atoms with Gasteiger partial charge in [0.25, 0.3) is 6.43 Å². The van der Waals surface area contributed by atoms with Crippen LogP contribution in [0.2, 0.25) is 0 Å². The second-order valence-corrected chi connectivity index (χ2v) is 8.08. The molecule has 2 aromatic heterocycles. The molecule has 0 spiro atoms. The number of aromatic nitrogens is 4. The highest BCUT2D eigenvalue weighted by molar-refractivity contribution is 5.78. The van der Waals surface area contributed by atoms with E-state index < -0.39 is 6.43 Å². The van der Waals surface area contributed by atoms with E-state index in [1.807, 2.05) is 6.07 Å². The maximum absolute atomic E-state index is 13.9. The van der Waals surface area contributed by atoms with Gasteiger partial charge in [-0.2, -0.15) is 9.97 Å². The molecule has 1 N–H and O–H groups in total. The number of anilines is 2. The first kappa shape index (κ1) is 20.1. The highest BCUT2D eigenvalue weighted by Gasteiger charge is 2.24. The summed E-state index contributed by atoms with van der Waals surface area (Å²) in [5.41, 5.74) is 1.12. The van der Waals surface area contributed by atoms with E-state index in [0.29, 0.717) is 61.0 Å². The van der Waals surface area contributed by atoms with Crippen LogP contribution < -0.4 is 10.2 Å². The van der Waals surface area contributed by atoms with Gasteiger partial charge >= 0.3 is 0 Å². The largest absolute Gasteiger partial charge is 0.378 e. The van der Waals surface area contributed by atoms with Crippen molar-refractivity contribution < 1.29 is 13.5 Å². The molecule has 1 aliphatic heterocycles. The Morgan fingerprint density at radius 3 is 2.48 bits per heavy atom. The van der Waals surface area contributed by atoms with Gasteiger partial charge in [-0.1, -0.05) is 31.4 Å². The van der Waals surface area contributed by atoms with Crippen LogP contribution in [0.4, 0.5) is 20.5 Å². The van der Waals surface area contributed by atoms with E-state index in [-0.39, 0.29) is 5.82 Å². The molecule has 9 heteroatoms. The van der Waals surface area contributed by atoms with Crippen molar-refractivity contribution in [3.8, 4) is 5.82 Å². The minimum absolute atomic E-state index is 0.302. The van der Waals surface area contributed by atoms with Crippen LogP contribution >= 0.6 is 0 Å². The van der Waals surface area contributed by atoms with E-state index >= 15 is 0 Å². The number of ether oxygens (including phenoxy) is 1. The lowest BCUT2D eigenvalue weighted by atomic mass is 9.96. The zero-order valence-electron chi connectivity index (χ0n) is 17.3. The molecule has 0 atom stereocenters. The normalized spacial score (nSPS) is 18.1. The summed E-state index contributed by atoms with van der Waals surface area (Å²) in [6.07, 6.45) is 3.01. The molecule has 1 saturated carbocycles. The fourth-order valence-corrected chi connectivity index (χ4v) is 4.42. The van der Waals surface area contributed by atoms with Crippen molar-refractivity contribution in [2.24, 2.45) is 0 Å². The van der Waals surface area contributed by atoms with E-state index in [9.17, 15) is 8.78 Å². The Bertz CT molecular complexity index is 1040. The zero-order valence-corrected chi connectivity index (χ0v) is 17.3. The first-order chi connectivity index (χ1) is 15.2. The quantitative estimate of drug-likeness (QED) is 0.652. The van der Waals surface area contributed by atoms with Crippen LogP contribution in [0.3, 0.4) is 0 Å². The molecule has 1 aliphatic carbocycles. The number of hydrogen-bond acceptors (Lipinski definition) is 6. The van der Waals surface area contributed by atoms with Crippen LogP contribution in [0.1, 0.15) is 44.4 Å². The monoisotopic (exact) mass is 428 g/mol. The molecule has 0 radical (unpaired) electrons. The molecule has 2 fully saturated rings. The lowest BCUT2D eigenvalue weighted by Crippen LogP contribution is -2.37. The van der Waals surface area contributed by atoms with Crippen LogP contribution in [0.15, 0.2) is 30.3 Å². The number of nitrogens with zero attached hydrogens (tertiary/aromatic N) is 5. The first-order valence-electron chi connectivity index (χ1n) is 10.9. The van der Waals surface area contributed by atoms with E-state index in [4.69, 9.17) is 9.72 Å². The van der Waals surface area contributed by atoms with E-state index in [0.717, 1.165) is 12.8 Å². The number of halogens is 2. The number of para-hydroxylation sites is 2. The van der Waals surface area contributed by atoms with Crippen molar-refractivity contribution in [2.75, 3.05) is 36.5 Å². The fourth-order valence-electron chi connectivity index (χ4n) is 4.42. The molecular formula is C22H26F2N6O. The maximum Gasteiger partial charge on any atom is 0.296 e. The van der Waals surface area contributed by atoms with Gasteiger partial charge in [-0.25, -0.2) is 13.8 Å². The third-order valence-corrected chi connectivity index (χ3v) is 5.98. The Morgan fingerprint density at radius 1 is 0.968 bits per heavy atom. The second kappa shape index (κ2) is 8.74. The third-order valence-electron chi connectivity index (χ3n) is 5.98. The van der Waals surface area contributed by atoms with Crippen LogP contribution in [-0.4, -0.2) is 51.9 Å². The lowest BCUT2D eigenvalue weighted by molar-refractivity contribution is 0.122. The molecule has 0 bridgehead atoms. The van der Waals surface area contributed by atoms with E-state index in [1.54, 1.807) is 24.3 Å². The predicted octanol–water partition coefficient (Wildman–Crippen LogP) is 4.33. The highest BCUT2D eigenvalue weighted by atomic mass is 19.3. The summed E-state index contributed by atoms with van der Waals surface area (Å²) in [4.78, 5) is 15.7. The molecule has 5 rings (SSSR count). The Kier molecular flexibility index (Phi) is 5.67. The minimum Gasteiger partial charge on any atom is -0.378 e. The maximum atomic E-state index is 13.9. The minimum atomic E-state index is -2.72. The van der Waals surface area contributed by atoms with Gasteiger partial charge in [0.2, 0.25) is 5.95 Å². The molecule has 164 valence electrons. The van der Waals surface area contributed by atoms with Crippen molar-refractivity contribution in [2.45, 2.75) is 44.6 Å². The summed E-state index contributed by atoms with van der Waals surface area (Å²) in [6.45, 7) is 2.62. The van der Waals surface area contributed by atoms with Crippen LogP contribution in [0, 0.1) is 0 Å². The number of fused-ring (bicyclic) bond motifs is 1. The Morgan fingerprint density at radius 2 is 1.71 bits per heavy atom. The smallest absolute Gasteiger partial charge is 0.296 e. The average molecular weight is 428 g/mol. The topological polar surface area (TPSA) is 68.1 Å².